The van der Waals surface area contributed by atoms with Crippen molar-refractivity contribution in [2.45, 2.75) is 26.2 Å². The molecule has 35 heavy (non-hydrogen) atoms. The number of rotatable bonds is 7. The molecular weight excluding hydrogens is 438 g/mol. The third-order valence-corrected chi connectivity index (χ3v) is 5.67. The van der Waals surface area contributed by atoms with Gasteiger partial charge in [-0.1, -0.05) is 11.8 Å². The topological polar surface area (TPSA) is 89.0 Å². The van der Waals surface area contributed by atoms with E-state index in [2.05, 4.69) is 37.4 Å². The van der Waals surface area contributed by atoms with Gasteiger partial charge in [-0.15, -0.1) is 0 Å². The largest absolute Gasteiger partial charge is 0.455 e. The van der Waals surface area contributed by atoms with Gasteiger partial charge in [0.1, 0.15) is 23.6 Å². The van der Waals surface area contributed by atoms with E-state index in [4.69, 9.17) is 4.74 Å². The van der Waals surface area contributed by atoms with Crippen LogP contribution in [0.2, 0.25) is 0 Å². The minimum absolute atomic E-state index is 0.150. The Bertz CT molecular complexity index is 1420. The van der Waals surface area contributed by atoms with Gasteiger partial charge in [-0.3, -0.25) is 9.78 Å². The number of anilines is 2. The lowest BCUT2D eigenvalue weighted by Crippen LogP contribution is -2.25. The fourth-order valence-corrected chi connectivity index (χ4v) is 3.65. The monoisotopic (exact) mass is 463 g/mol. The van der Waals surface area contributed by atoms with E-state index in [1.807, 2.05) is 55.5 Å². The number of ether oxygens (including phenoxy) is 1. The van der Waals surface area contributed by atoms with Crippen molar-refractivity contribution in [3.8, 4) is 23.3 Å². The Morgan fingerprint density at radius 1 is 1.14 bits per heavy atom. The van der Waals surface area contributed by atoms with E-state index in [1.165, 1.54) is 0 Å². The normalized spacial score (nSPS) is 12.5. The van der Waals surface area contributed by atoms with Gasteiger partial charge in [0, 0.05) is 41.7 Å². The van der Waals surface area contributed by atoms with E-state index < -0.39 is 0 Å². The molecule has 1 fully saturated rings. The number of nitrogens with one attached hydrogen (secondary N) is 2. The summed E-state index contributed by atoms with van der Waals surface area (Å²) in [7, 11) is 0. The van der Waals surface area contributed by atoms with Crippen LogP contribution in [0.4, 0.5) is 11.5 Å². The van der Waals surface area contributed by atoms with E-state index in [1.54, 1.807) is 18.7 Å². The second-order valence-corrected chi connectivity index (χ2v) is 8.47. The molecule has 0 saturated heterocycles. The van der Waals surface area contributed by atoms with Crippen molar-refractivity contribution < 1.29 is 9.53 Å². The van der Waals surface area contributed by atoms with Gasteiger partial charge >= 0.3 is 0 Å². The molecule has 0 unspecified atom stereocenters. The summed E-state index contributed by atoms with van der Waals surface area (Å²) in [5.41, 5.74) is 3.58. The number of aromatic nitrogens is 3. The van der Waals surface area contributed by atoms with Crippen LogP contribution < -0.4 is 15.4 Å². The molecule has 1 aliphatic carbocycles. The first-order chi connectivity index (χ1) is 17.2. The minimum Gasteiger partial charge on any atom is -0.455 e. The molecule has 0 aliphatic heterocycles. The van der Waals surface area contributed by atoms with Gasteiger partial charge in [0.2, 0.25) is 5.91 Å². The van der Waals surface area contributed by atoms with Gasteiger partial charge in [-0.05, 0) is 73.9 Å². The Labute approximate surface area is 204 Å². The lowest BCUT2D eigenvalue weighted by molar-refractivity contribution is -0.122. The lowest BCUT2D eigenvalue weighted by atomic mass is 10.1. The predicted octanol–water partition coefficient (Wildman–Crippen LogP) is 5.14. The molecule has 0 radical (unpaired) electrons. The number of carbonyl (C=O) groups excluding carboxylic acids is 1. The molecule has 7 nitrogen and oxygen atoms in total. The predicted molar refractivity (Wildman–Crippen MR) is 136 cm³/mol. The number of nitrogens with zero attached hydrogens (tertiary/aromatic N) is 3. The molecular formula is C28H25N5O2. The number of pyridine rings is 1. The average Bonchev–Trinajstić information content (AvgIpc) is 3.72. The molecule has 1 amide bonds. The fraction of sp³-hybridized carbons (Fsp3) is 0.214. The summed E-state index contributed by atoms with van der Waals surface area (Å²) in [6.07, 6.45) is 7.57. The first-order valence-corrected chi connectivity index (χ1v) is 11.6. The molecule has 0 atom stereocenters. The second-order valence-electron chi connectivity index (χ2n) is 8.47. The van der Waals surface area contributed by atoms with Crippen molar-refractivity contribution >= 4 is 28.3 Å². The molecule has 174 valence electrons. The number of hydrogen-bond acceptors (Lipinski definition) is 6. The molecule has 4 aromatic rings. The van der Waals surface area contributed by atoms with Crippen molar-refractivity contribution in [1.29, 1.82) is 0 Å². The maximum atomic E-state index is 11.7. The first-order valence-electron chi connectivity index (χ1n) is 11.6. The fourth-order valence-electron chi connectivity index (χ4n) is 3.65. The zero-order chi connectivity index (χ0) is 24.0. The van der Waals surface area contributed by atoms with Crippen LogP contribution >= 0.6 is 0 Å². The Morgan fingerprint density at radius 3 is 2.86 bits per heavy atom. The Morgan fingerprint density at radius 2 is 2.06 bits per heavy atom. The molecule has 1 aliphatic rings. The van der Waals surface area contributed by atoms with Crippen LogP contribution in [0.25, 0.3) is 10.9 Å². The zero-order valence-corrected chi connectivity index (χ0v) is 19.4. The number of aryl methyl sites for hydroxylation is 1. The third-order valence-electron chi connectivity index (χ3n) is 5.67. The number of amides is 1. The first kappa shape index (κ1) is 22.4. The van der Waals surface area contributed by atoms with Crippen molar-refractivity contribution in [2.75, 3.05) is 11.9 Å². The zero-order valence-electron chi connectivity index (χ0n) is 19.4. The molecule has 1 saturated carbocycles. The van der Waals surface area contributed by atoms with Gasteiger partial charge in [-0.2, -0.15) is 0 Å². The SMILES string of the molecule is Cc1cc(Nc2ncnc3ccc(C#CCCNC(=O)C4CC4)cc23)ccc1Oc1cccnc1. The molecule has 0 spiro atoms. The maximum absolute atomic E-state index is 11.7. The van der Waals surface area contributed by atoms with Gasteiger partial charge in [0.15, 0.2) is 0 Å². The van der Waals surface area contributed by atoms with E-state index in [9.17, 15) is 4.79 Å². The molecule has 2 aromatic carbocycles. The summed E-state index contributed by atoms with van der Waals surface area (Å²) in [5, 5.41) is 7.22. The molecule has 2 N–H and O–H groups in total. The highest BCUT2D eigenvalue weighted by Gasteiger charge is 2.28. The van der Waals surface area contributed by atoms with Crippen LogP contribution in [-0.2, 0) is 4.79 Å². The molecule has 2 aromatic heterocycles. The van der Waals surface area contributed by atoms with Gasteiger partial charge in [0.05, 0.1) is 11.7 Å². The van der Waals surface area contributed by atoms with E-state index in [0.717, 1.165) is 46.3 Å². The third kappa shape index (κ3) is 5.74. The van der Waals surface area contributed by atoms with Crippen LogP contribution in [-0.4, -0.2) is 27.4 Å². The Balaban J connectivity index is 1.29. The summed E-state index contributed by atoms with van der Waals surface area (Å²) in [6.45, 7) is 2.57. The van der Waals surface area contributed by atoms with Gasteiger partial charge in [-0.25, -0.2) is 9.97 Å². The number of hydrogen-bond donors (Lipinski definition) is 2. The van der Waals surface area contributed by atoms with Crippen LogP contribution in [0.15, 0.2) is 67.3 Å². The second kappa shape index (κ2) is 10.2. The quantitative estimate of drug-likeness (QED) is 0.292. The van der Waals surface area contributed by atoms with Crippen LogP contribution in [0, 0.1) is 24.7 Å². The van der Waals surface area contributed by atoms with E-state index in [0.29, 0.717) is 24.5 Å². The average molecular weight is 464 g/mol. The standard InChI is InChI=1S/C28H25N5O2/c1-19-15-22(10-12-26(19)35-23-6-4-13-29-17-23)33-27-24-16-20(7-11-25(24)31-18-32-27)5-2-3-14-30-28(34)21-8-9-21/h4,6-7,10-13,15-18,21H,3,8-9,14H2,1H3,(H,30,34)(H,31,32,33). The van der Waals surface area contributed by atoms with Gasteiger partial charge < -0.3 is 15.4 Å². The summed E-state index contributed by atoms with van der Waals surface area (Å²) >= 11 is 0. The highest BCUT2D eigenvalue weighted by Crippen LogP contribution is 2.30. The summed E-state index contributed by atoms with van der Waals surface area (Å²) in [6, 6.07) is 15.5. The van der Waals surface area contributed by atoms with Crippen molar-refractivity contribution in [3.05, 3.63) is 78.4 Å². The van der Waals surface area contributed by atoms with Crippen molar-refractivity contribution in [2.24, 2.45) is 5.92 Å². The van der Waals surface area contributed by atoms with Crippen LogP contribution in [0.5, 0.6) is 11.5 Å². The number of fused-ring (bicyclic) bond motifs is 1. The Kier molecular flexibility index (Phi) is 6.53. The highest BCUT2D eigenvalue weighted by atomic mass is 16.5. The number of benzene rings is 2. The smallest absolute Gasteiger partial charge is 0.223 e. The molecule has 5 rings (SSSR count). The van der Waals surface area contributed by atoms with Crippen molar-refractivity contribution in [3.63, 3.8) is 0 Å². The molecule has 2 heterocycles. The number of carbonyl (C=O) groups is 1. The molecule has 7 heteroatoms. The van der Waals surface area contributed by atoms with E-state index in [-0.39, 0.29) is 11.8 Å². The molecule has 0 bridgehead atoms. The highest BCUT2D eigenvalue weighted by molar-refractivity contribution is 5.91. The Hall–Kier alpha value is -4.44. The van der Waals surface area contributed by atoms with Crippen LogP contribution in [0.1, 0.15) is 30.4 Å². The van der Waals surface area contributed by atoms with Gasteiger partial charge in [0.25, 0.3) is 0 Å². The maximum Gasteiger partial charge on any atom is 0.223 e. The summed E-state index contributed by atoms with van der Waals surface area (Å²) in [4.78, 5) is 24.6. The van der Waals surface area contributed by atoms with Crippen LogP contribution in [0.3, 0.4) is 0 Å². The van der Waals surface area contributed by atoms with E-state index >= 15 is 0 Å². The lowest BCUT2D eigenvalue weighted by Gasteiger charge is -2.12. The summed E-state index contributed by atoms with van der Waals surface area (Å²) in [5.74, 6) is 8.86. The van der Waals surface area contributed by atoms with Crippen molar-refractivity contribution in [1.82, 2.24) is 20.3 Å². The summed E-state index contributed by atoms with van der Waals surface area (Å²) < 4.78 is 5.93. The minimum atomic E-state index is 0.150.